The summed E-state index contributed by atoms with van der Waals surface area (Å²) in [6.45, 7) is 0. The minimum Gasteiger partial charge on any atom is -0.397 e. The summed E-state index contributed by atoms with van der Waals surface area (Å²) in [7, 11) is 0. The smallest absolute Gasteiger partial charge is 0.231 e. The Bertz CT molecular complexity index is 791. The van der Waals surface area contributed by atoms with E-state index < -0.39 is 11.6 Å². The third kappa shape index (κ3) is 5.40. The van der Waals surface area contributed by atoms with Crippen LogP contribution in [-0.2, 0) is 9.59 Å². The van der Waals surface area contributed by atoms with Crippen LogP contribution in [0, 0.1) is 11.6 Å². The molecule has 0 atom stereocenters. The third-order valence-electron chi connectivity index (χ3n) is 4.02. The minimum absolute atomic E-state index is 0.0563. The van der Waals surface area contributed by atoms with Gasteiger partial charge in [0.1, 0.15) is 11.6 Å². The summed E-state index contributed by atoms with van der Waals surface area (Å²) in [6, 6.07) is 7.30. The van der Waals surface area contributed by atoms with Crippen molar-refractivity contribution in [2.45, 2.75) is 32.1 Å². The van der Waals surface area contributed by atoms with Crippen molar-refractivity contribution in [1.82, 2.24) is 0 Å². The normalized spacial score (nSPS) is 10.6. The predicted octanol–water partition coefficient (Wildman–Crippen LogP) is 3.23. The first-order chi connectivity index (χ1) is 12.8. The molecule has 0 aromatic heterocycles. The maximum absolute atomic E-state index is 13.4. The van der Waals surface area contributed by atoms with Crippen LogP contribution in [0.25, 0.3) is 0 Å². The number of benzene rings is 2. The van der Waals surface area contributed by atoms with E-state index in [-0.39, 0.29) is 47.4 Å². The fourth-order valence-corrected chi connectivity index (χ4v) is 2.72. The standard InChI is InChI=1S/C19H22F2N4O2/c20-12-6-8-16(14(22)10-12)25(17-9-7-13(21)11-15(17)23)19(27)5-3-1-2-4-18(24)26/h6-11H,1-5,22-23H2,(H2,24,26). The van der Waals surface area contributed by atoms with E-state index in [9.17, 15) is 18.4 Å². The van der Waals surface area contributed by atoms with E-state index in [0.29, 0.717) is 19.3 Å². The van der Waals surface area contributed by atoms with E-state index in [4.69, 9.17) is 17.2 Å². The van der Waals surface area contributed by atoms with Crippen LogP contribution in [0.5, 0.6) is 0 Å². The number of unbranched alkanes of at least 4 members (excludes halogenated alkanes) is 2. The summed E-state index contributed by atoms with van der Waals surface area (Å²) < 4.78 is 26.8. The second-order valence-corrected chi connectivity index (χ2v) is 6.16. The molecule has 2 amide bonds. The summed E-state index contributed by atoms with van der Waals surface area (Å²) in [5.74, 6) is -1.80. The number of nitrogens with two attached hydrogens (primary N) is 3. The Hall–Kier alpha value is -3.16. The summed E-state index contributed by atoms with van der Waals surface area (Å²) in [5, 5.41) is 0. The molecule has 6 N–H and O–H groups in total. The van der Waals surface area contributed by atoms with Crippen LogP contribution in [-0.4, -0.2) is 11.8 Å². The van der Waals surface area contributed by atoms with Gasteiger partial charge in [-0.25, -0.2) is 8.78 Å². The Labute approximate surface area is 155 Å². The molecule has 0 unspecified atom stereocenters. The number of amides is 2. The lowest BCUT2D eigenvalue weighted by molar-refractivity contribution is -0.118. The van der Waals surface area contributed by atoms with E-state index in [1.165, 1.54) is 29.2 Å². The summed E-state index contributed by atoms with van der Waals surface area (Å²) in [4.78, 5) is 24.9. The highest BCUT2D eigenvalue weighted by Crippen LogP contribution is 2.35. The summed E-state index contributed by atoms with van der Waals surface area (Å²) >= 11 is 0. The van der Waals surface area contributed by atoms with Crippen molar-refractivity contribution in [2.75, 3.05) is 16.4 Å². The number of halogens is 2. The Morgan fingerprint density at radius 1 is 0.815 bits per heavy atom. The SMILES string of the molecule is NC(=O)CCCCCC(=O)N(c1ccc(F)cc1N)c1ccc(F)cc1N. The molecule has 0 heterocycles. The second kappa shape index (κ2) is 8.98. The van der Waals surface area contributed by atoms with E-state index in [0.717, 1.165) is 12.1 Å². The van der Waals surface area contributed by atoms with Gasteiger partial charge in [-0.1, -0.05) is 6.42 Å². The third-order valence-corrected chi connectivity index (χ3v) is 4.02. The predicted molar refractivity (Wildman–Crippen MR) is 101 cm³/mol. The van der Waals surface area contributed by atoms with Crippen molar-refractivity contribution < 1.29 is 18.4 Å². The average molecular weight is 376 g/mol. The highest BCUT2D eigenvalue weighted by molar-refractivity contribution is 6.05. The number of hydrogen-bond donors (Lipinski definition) is 3. The van der Waals surface area contributed by atoms with E-state index >= 15 is 0 Å². The lowest BCUT2D eigenvalue weighted by atomic mass is 10.1. The number of carbonyl (C=O) groups is 2. The largest absolute Gasteiger partial charge is 0.397 e. The summed E-state index contributed by atoms with van der Waals surface area (Å²) in [6.07, 6.45) is 2.14. The van der Waals surface area contributed by atoms with Crippen molar-refractivity contribution in [3.05, 3.63) is 48.0 Å². The van der Waals surface area contributed by atoms with Crippen LogP contribution in [0.4, 0.5) is 31.5 Å². The first kappa shape index (κ1) is 20.2. The van der Waals surface area contributed by atoms with Gasteiger partial charge in [-0.15, -0.1) is 0 Å². The van der Waals surface area contributed by atoms with Crippen LogP contribution in [0.1, 0.15) is 32.1 Å². The molecule has 8 heteroatoms. The highest BCUT2D eigenvalue weighted by atomic mass is 19.1. The van der Waals surface area contributed by atoms with Gasteiger partial charge in [0, 0.05) is 12.8 Å². The Morgan fingerprint density at radius 2 is 1.30 bits per heavy atom. The molecule has 0 fully saturated rings. The molecule has 0 saturated carbocycles. The zero-order valence-corrected chi connectivity index (χ0v) is 14.8. The quantitative estimate of drug-likeness (QED) is 0.484. The zero-order chi connectivity index (χ0) is 20.0. The van der Waals surface area contributed by atoms with Gasteiger partial charge < -0.3 is 17.2 Å². The van der Waals surface area contributed by atoms with E-state index in [2.05, 4.69) is 0 Å². The molecule has 0 aliphatic rings. The van der Waals surface area contributed by atoms with E-state index in [1.54, 1.807) is 0 Å². The van der Waals surface area contributed by atoms with Crippen LogP contribution >= 0.6 is 0 Å². The average Bonchev–Trinajstić information content (AvgIpc) is 2.58. The van der Waals surface area contributed by atoms with E-state index in [1.807, 2.05) is 0 Å². The van der Waals surface area contributed by atoms with Gasteiger partial charge >= 0.3 is 0 Å². The highest BCUT2D eigenvalue weighted by Gasteiger charge is 2.22. The fraction of sp³-hybridized carbons (Fsp3) is 0.263. The first-order valence-electron chi connectivity index (χ1n) is 8.51. The maximum Gasteiger partial charge on any atom is 0.231 e. The van der Waals surface area contributed by atoms with Gasteiger partial charge in [0.2, 0.25) is 11.8 Å². The van der Waals surface area contributed by atoms with Crippen molar-refractivity contribution in [3.63, 3.8) is 0 Å². The van der Waals surface area contributed by atoms with Gasteiger partial charge in [-0.3, -0.25) is 14.5 Å². The number of hydrogen-bond acceptors (Lipinski definition) is 4. The van der Waals surface area contributed by atoms with Gasteiger partial charge in [-0.2, -0.15) is 0 Å². The van der Waals surface area contributed by atoms with Crippen LogP contribution in [0.3, 0.4) is 0 Å². The molecule has 2 aromatic rings. The van der Waals surface area contributed by atoms with Gasteiger partial charge in [0.25, 0.3) is 0 Å². The monoisotopic (exact) mass is 376 g/mol. The number of carbonyl (C=O) groups excluding carboxylic acids is 2. The lowest BCUT2D eigenvalue weighted by Gasteiger charge is -2.26. The molecule has 0 saturated heterocycles. The number of nitrogens with zero attached hydrogens (tertiary/aromatic N) is 1. The molecule has 6 nitrogen and oxygen atoms in total. The van der Waals surface area contributed by atoms with Crippen LogP contribution in [0.15, 0.2) is 36.4 Å². The van der Waals surface area contributed by atoms with Gasteiger partial charge in [0.05, 0.1) is 22.7 Å². The summed E-state index contributed by atoms with van der Waals surface area (Å²) in [5.41, 5.74) is 17.5. The molecule has 2 rings (SSSR count). The van der Waals surface area contributed by atoms with Crippen molar-refractivity contribution >= 4 is 34.6 Å². The molecule has 2 aromatic carbocycles. The maximum atomic E-state index is 13.4. The molecular weight excluding hydrogens is 354 g/mol. The Balaban J connectivity index is 2.27. The number of primary amides is 1. The molecule has 0 spiro atoms. The molecule has 0 bridgehead atoms. The minimum atomic E-state index is -0.540. The Morgan fingerprint density at radius 3 is 1.74 bits per heavy atom. The van der Waals surface area contributed by atoms with Crippen molar-refractivity contribution in [3.8, 4) is 0 Å². The topological polar surface area (TPSA) is 115 Å². The molecule has 144 valence electrons. The molecule has 0 radical (unpaired) electrons. The number of rotatable bonds is 8. The Kier molecular flexibility index (Phi) is 6.70. The fourth-order valence-electron chi connectivity index (χ4n) is 2.72. The van der Waals surface area contributed by atoms with Gasteiger partial charge in [-0.05, 0) is 49.2 Å². The number of anilines is 4. The zero-order valence-electron chi connectivity index (χ0n) is 14.8. The van der Waals surface area contributed by atoms with Crippen LogP contribution in [0.2, 0.25) is 0 Å². The first-order valence-corrected chi connectivity index (χ1v) is 8.51. The van der Waals surface area contributed by atoms with Crippen molar-refractivity contribution in [1.29, 1.82) is 0 Å². The molecule has 0 aliphatic carbocycles. The van der Waals surface area contributed by atoms with Gasteiger partial charge in [0.15, 0.2) is 0 Å². The second-order valence-electron chi connectivity index (χ2n) is 6.16. The van der Waals surface area contributed by atoms with Crippen molar-refractivity contribution in [2.24, 2.45) is 5.73 Å². The number of nitrogen functional groups attached to an aromatic ring is 2. The molecular formula is C19H22F2N4O2. The van der Waals surface area contributed by atoms with Crippen LogP contribution < -0.4 is 22.1 Å². The molecule has 27 heavy (non-hydrogen) atoms. The lowest BCUT2D eigenvalue weighted by Crippen LogP contribution is -2.27. The molecule has 0 aliphatic heterocycles.